The molecule has 1 saturated heterocycles. The number of hydrogen-bond acceptors (Lipinski definition) is 6. The van der Waals surface area contributed by atoms with E-state index in [0.29, 0.717) is 45.4 Å². The van der Waals surface area contributed by atoms with Crippen LogP contribution in [0.3, 0.4) is 0 Å². The Morgan fingerprint density at radius 3 is 2.05 bits per heavy atom. The zero-order valence-corrected chi connectivity index (χ0v) is 22.5. The van der Waals surface area contributed by atoms with Crippen molar-refractivity contribution in [2.45, 2.75) is 95.7 Å². The number of ether oxygens (including phenoxy) is 1. The van der Waals surface area contributed by atoms with Crippen LogP contribution in [0.1, 0.15) is 78.1 Å². The van der Waals surface area contributed by atoms with Crippen LogP contribution < -0.4 is 16.0 Å². The standard InChI is InChI=1S/C26H43N5O6/c1-18(2)17-20(21(32)22(33)27-19-9-5-6-10-19)28-23(34)26(11-7-4-8-12-26)29-24(35)30-13-15-31(16-14-30)25(36)37-3/h18-20H,4-17H2,1-3H3,(H,27,33)(H,28,34)(H,29,35)/t20-/m0/s1. The first-order valence-corrected chi connectivity index (χ1v) is 13.7. The van der Waals surface area contributed by atoms with Gasteiger partial charge < -0.3 is 30.5 Å². The van der Waals surface area contributed by atoms with Crippen molar-refractivity contribution in [3.63, 3.8) is 0 Å². The van der Waals surface area contributed by atoms with Gasteiger partial charge in [-0.25, -0.2) is 9.59 Å². The second-order valence-corrected chi connectivity index (χ2v) is 11.0. The summed E-state index contributed by atoms with van der Waals surface area (Å²) in [5.74, 6) is -1.62. The number of urea groups is 1. The average Bonchev–Trinajstić information content (AvgIpc) is 3.40. The molecule has 1 aliphatic heterocycles. The molecule has 0 aromatic rings. The number of ketones is 1. The van der Waals surface area contributed by atoms with Crippen molar-refractivity contribution in [2.24, 2.45) is 5.92 Å². The highest BCUT2D eigenvalue weighted by atomic mass is 16.5. The Kier molecular flexibility index (Phi) is 10.2. The summed E-state index contributed by atoms with van der Waals surface area (Å²) in [4.78, 5) is 67.6. The Morgan fingerprint density at radius 2 is 1.49 bits per heavy atom. The molecule has 208 valence electrons. The molecule has 11 nitrogen and oxygen atoms in total. The molecule has 0 bridgehead atoms. The van der Waals surface area contributed by atoms with E-state index >= 15 is 0 Å². The van der Waals surface area contributed by atoms with Crippen molar-refractivity contribution >= 4 is 29.7 Å². The Hall–Kier alpha value is -2.85. The van der Waals surface area contributed by atoms with Gasteiger partial charge in [-0.3, -0.25) is 14.4 Å². The molecule has 0 aromatic heterocycles. The van der Waals surface area contributed by atoms with E-state index in [2.05, 4.69) is 16.0 Å². The Bertz CT molecular complexity index is 842. The highest BCUT2D eigenvalue weighted by Crippen LogP contribution is 2.29. The Morgan fingerprint density at radius 1 is 0.892 bits per heavy atom. The number of amides is 5. The maximum absolute atomic E-state index is 13.7. The van der Waals surface area contributed by atoms with Gasteiger partial charge in [-0.15, -0.1) is 0 Å². The molecule has 3 rings (SSSR count). The highest BCUT2D eigenvalue weighted by Gasteiger charge is 2.44. The second-order valence-electron chi connectivity index (χ2n) is 11.0. The molecule has 11 heteroatoms. The van der Waals surface area contributed by atoms with Crippen molar-refractivity contribution in [3.8, 4) is 0 Å². The number of rotatable bonds is 8. The molecular formula is C26H43N5O6. The smallest absolute Gasteiger partial charge is 0.409 e. The van der Waals surface area contributed by atoms with E-state index in [0.717, 1.165) is 44.9 Å². The van der Waals surface area contributed by atoms with Crippen molar-refractivity contribution in [1.29, 1.82) is 0 Å². The fraction of sp³-hybridized carbons (Fsp3) is 0.808. The van der Waals surface area contributed by atoms with Gasteiger partial charge in [0, 0.05) is 32.2 Å². The minimum Gasteiger partial charge on any atom is -0.453 e. The van der Waals surface area contributed by atoms with Gasteiger partial charge in [0.25, 0.3) is 5.91 Å². The largest absolute Gasteiger partial charge is 0.453 e. The molecule has 5 amide bonds. The minimum atomic E-state index is -1.15. The molecular weight excluding hydrogens is 478 g/mol. The molecule has 37 heavy (non-hydrogen) atoms. The van der Waals surface area contributed by atoms with E-state index in [4.69, 9.17) is 4.74 Å². The third-order valence-corrected chi connectivity index (χ3v) is 7.73. The number of carbonyl (C=O) groups excluding carboxylic acids is 5. The molecule has 0 spiro atoms. The van der Waals surface area contributed by atoms with Gasteiger partial charge in [0.2, 0.25) is 11.7 Å². The summed E-state index contributed by atoms with van der Waals surface area (Å²) >= 11 is 0. The van der Waals surface area contributed by atoms with Crippen molar-refractivity contribution < 1.29 is 28.7 Å². The summed E-state index contributed by atoms with van der Waals surface area (Å²) in [6.45, 7) is 5.23. The van der Waals surface area contributed by atoms with E-state index in [-0.39, 0.29) is 18.0 Å². The second kappa shape index (κ2) is 13.1. The summed E-state index contributed by atoms with van der Waals surface area (Å²) in [7, 11) is 1.32. The van der Waals surface area contributed by atoms with E-state index in [1.807, 2.05) is 13.8 Å². The molecule has 1 atom stereocenters. The molecule has 3 aliphatic rings. The maximum atomic E-state index is 13.7. The van der Waals surface area contributed by atoms with Gasteiger partial charge in [0.15, 0.2) is 0 Å². The Labute approximate surface area is 219 Å². The quantitative estimate of drug-likeness (QED) is 0.418. The van der Waals surface area contributed by atoms with Crippen LogP contribution in [0.5, 0.6) is 0 Å². The first kappa shape index (κ1) is 28.7. The van der Waals surface area contributed by atoms with Gasteiger partial charge in [-0.05, 0) is 38.0 Å². The SMILES string of the molecule is COC(=O)N1CCN(C(=O)NC2(C(=O)N[C@@H](CC(C)C)C(=O)C(=O)NC3CCCC3)CCCCC2)CC1. The minimum absolute atomic E-state index is 0.00970. The van der Waals surface area contributed by atoms with Gasteiger partial charge in [-0.2, -0.15) is 0 Å². The number of nitrogens with zero attached hydrogens (tertiary/aromatic N) is 2. The van der Waals surface area contributed by atoms with Gasteiger partial charge in [0.05, 0.1) is 13.2 Å². The molecule has 0 unspecified atom stereocenters. The number of carbonyl (C=O) groups is 5. The molecule has 2 saturated carbocycles. The van der Waals surface area contributed by atoms with E-state index in [1.165, 1.54) is 12.0 Å². The molecule has 0 aromatic carbocycles. The first-order valence-electron chi connectivity index (χ1n) is 13.7. The highest BCUT2D eigenvalue weighted by molar-refractivity contribution is 6.38. The van der Waals surface area contributed by atoms with Crippen LogP contribution in [-0.2, 0) is 19.1 Å². The van der Waals surface area contributed by atoms with Crippen LogP contribution in [0.4, 0.5) is 9.59 Å². The van der Waals surface area contributed by atoms with Crippen LogP contribution in [-0.4, -0.2) is 90.4 Å². The molecule has 3 N–H and O–H groups in total. The lowest BCUT2D eigenvalue weighted by Gasteiger charge is -2.40. The van der Waals surface area contributed by atoms with Crippen LogP contribution in [0.15, 0.2) is 0 Å². The number of nitrogens with one attached hydrogen (secondary N) is 3. The van der Waals surface area contributed by atoms with E-state index in [1.54, 1.807) is 4.90 Å². The van der Waals surface area contributed by atoms with Crippen LogP contribution >= 0.6 is 0 Å². The Balaban J connectivity index is 1.67. The predicted octanol–water partition coefficient (Wildman–Crippen LogP) is 1.94. The first-order chi connectivity index (χ1) is 17.6. The monoisotopic (exact) mass is 521 g/mol. The lowest BCUT2D eigenvalue weighted by molar-refractivity contribution is -0.141. The third kappa shape index (κ3) is 7.58. The van der Waals surface area contributed by atoms with Crippen LogP contribution in [0.2, 0.25) is 0 Å². The predicted molar refractivity (Wildman–Crippen MR) is 137 cm³/mol. The maximum Gasteiger partial charge on any atom is 0.409 e. The van der Waals surface area contributed by atoms with Gasteiger partial charge in [-0.1, -0.05) is 46.0 Å². The van der Waals surface area contributed by atoms with Crippen molar-refractivity contribution in [1.82, 2.24) is 25.8 Å². The fourth-order valence-corrected chi connectivity index (χ4v) is 5.55. The van der Waals surface area contributed by atoms with E-state index < -0.39 is 35.3 Å². The molecule has 2 aliphatic carbocycles. The number of hydrogen-bond donors (Lipinski definition) is 3. The number of piperazine rings is 1. The van der Waals surface area contributed by atoms with E-state index in [9.17, 15) is 24.0 Å². The lowest BCUT2D eigenvalue weighted by Crippen LogP contribution is -2.65. The zero-order valence-electron chi connectivity index (χ0n) is 22.5. The van der Waals surface area contributed by atoms with Crippen molar-refractivity contribution in [2.75, 3.05) is 33.3 Å². The molecule has 3 fully saturated rings. The third-order valence-electron chi connectivity index (χ3n) is 7.73. The number of Topliss-reactive ketones (excluding diaryl/α,β-unsaturated/α-hetero) is 1. The number of methoxy groups -OCH3 is 1. The zero-order chi connectivity index (χ0) is 27.0. The summed E-state index contributed by atoms with van der Waals surface area (Å²) in [6, 6.07) is -1.31. The van der Waals surface area contributed by atoms with Crippen LogP contribution in [0, 0.1) is 5.92 Å². The lowest BCUT2D eigenvalue weighted by atomic mass is 9.80. The topological polar surface area (TPSA) is 137 Å². The molecule has 1 heterocycles. The van der Waals surface area contributed by atoms with Gasteiger partial charge in [0.1, 0.15) is 5.54 Å². The average molecular weight is 522 g/mol. The van der Waals surface area contributed by atoms with Crippen molar-refractivity contribution in [3.05, 3.63) is 0 Å². The summed E-state index contributed by atoms with van der Waals surface area (Å²) < 4.78 is 4.75. The normalized spacial score (nSPS) is 20.8. The summed E-state index contributed by atoms with van der Waals surface area (Å²) in [5.41, 5.74) is -1.15. The summed E-state index contributed by atoms with van der Waals surface area (Å²) in [5, 5.41) is 8.66. The molecule has 0 radical (unpaired) electrons. The van der Waals surface area contributed by atoms with Crippen LogP contribution in [0.25, 0.3) is 0 Å². The summed E-state index contributed by atoms with van der Waals surface area (Å²) in [6.07, 6.45) is 7.13. The van der Waals surface area contributed by atoms with Gasteiger partial charge >= 0.3 is 12.1 Å². The fourth-order valence-electron chi connectivity index (χ4n) is 5.55.